The van der Waals surface area contributed by atoms with Gasteiger partial charge in [-0.15, -0.1) is 0 Å². The number of nitrogens with one attached hydrogen (secondary N) is 1. The molecule has 1 fully saturated rings. The Morgan fingerprint density at radius 2 is 1.80 bits per heavy atom. The number of fused-ring (bicyclic) bond motifs is 1. The standard InChI is InChI=1S/C28H28F3N7O2S/c1-16-3-9-22(10-4-16)41(39,40)38-15-24(23-11-20(28(29,30)31)14-34-26(23)38)25-19(12-32)13-35-27(37-25)36-17(2)18-5-7-21(33)8-6-18/h3-4,9-11,13-15,17-18,21H,5-8,33H2,1-2H3,(H,35,36,37)/t17-,18?,21?/m1/s1. The van der Waals surface area contributed by atoms with E-state index in [1.54, 1.807) is 19.1 Å². The van der Waals surface area contributed by atoms with Crippen LogP contribution in [0.4, 0.5) is 19.1 Å². The number of nitriles is 1. The highest BCUT2D eigenvalue weighted by atomic mass is 32.2. The van der Waals surface area contributed by atoms with Gasteiger partial charge in [-0.1, -0.05) is 17.7 Å². The second-order valence-electron chi connectivity index (χ2n) is 10.4. The normalized spacial score (nSPS) is 18.7. The second-order valence-corrected chi connectivity index (χ2v) is 12.2. The third kappa shape index (κ3) is 5.62. The number of nitrogens with zero attached hydrogens (tertiary/aromatic N) is 5. The van der Waals surface area contributed by atoms with Gasteiger partial charge < -0.3 is 11.1 Å². The molecule has 13 heteroatoms. The summed E-state index contributed by atoms with van der Waals surface area (Å²) in [4.78, 5) is 12.6. The molecule has 214 valence electrons. The fourth-order valence-corrected chi connectivity index (χ4v) is 6.46. The monoisotopic (exact) mass is 583 g/mol. The number of halogens is 3. The van der Waals surface area contributed by atoms with Gasteiger partial charge in [-0.3, -0.25) is 0 Å². The molecule has 0 unspecified atom stereocenters. The maximum atomic E-state index is 13.7. The first-order valence-corrected chi connectivity index (χ1v) is 14.5. The van der Waals surface area contributed by atoms with E-state index in [1.165, 1.54) is 18.3 Å². The van der Waals surface area contributed by atoms with Gasteiger partial charge in [0.05, 0.1) is 27.9 Å². The van der Waals surface area contributed by atoms with E-state index in [-0.39, 0.29) is 50.8 Å². The van der Waals surface area contributed by atoms with Gasteiger partial charge in [0.2, 0.25) is 5.95 Å². The topological polar surface area (TPSA) is 140 Å². The van der Waals surface area contributed by atoms with Crippen LogP contribution in [0.1, 0.15) is 49.3 Å². The van der Waals surface area contributed by atoms with E-state index in [4.69, 9.17) is 5.73 Å². The van der Waals surface area contributed by atoms with Crippen molar-refractivity contribution in [2.75, 3.05) is 5.32 Å². The SMILES string of the molecule is Cc1ccc(S(=O)(=O)n2cc(-c3nc(N[C@H](C)C4CCC(N)CC4)ncc3C#N)c3cc(C(F)(F)F)cnc32)cc1. The molecular formula is C28H28F3N7O2S. The highest BCUT2D eigenvalue weighted by molar-refractivity contribution is 7.90. The summed E-state index contributed by atoms with van der Waals surface area (Å²) in [5.41, 5.74) is 5.54. The molecule has 4 aromatic rings. The van der Waals surface area contributed by atoms with Crippen molar-refractivity contribution in [1.29, 1.82) is 5.26 Å². The van der Waals surface area contributed by atoms with Crippen LogP contribution in [-0.2, 0) is 16.2 Å². The molecular weight excluding hydrogens is 555 g/mol. The van der Waals surface area contributed by atoms with E-state index in [0.717, 1.165) is 47.5 Å². The van der Waals surface area contributed by atoms with Gasteiger partial charge in [-0.05, 0) is 63.6 Å². The summed E-state index contributed by atoms with van der Waals surface area (Å²) >= 11 is 0. The average Bonchev–Trinajstić information content (AvgIpc) is 3.33. The number of hydrogen-bond acceptors (Lipinski definition) is 8. The summed E-state index contributed by atoms with van der Waals surface area (Å²) in [6.07, 6.45) is 1.94. The number of alkyl halides is 3. The molecule has 1 aliphatic carbocycles. The zero-order valence-electron chi connectivity index (χ0n) is 22.4. The number of benzene rings is 1. The Bertz CT molecular complexity index is 1740. The minimum absolute atomic E-state index is 0.00702. The molecule has 41 heavy (non-hydrogen) atoms. The predicted octanol–water partition coefficient (Wildman–Crippen LogP) is 5.25. The van der Waals surface area contributed by atoms with Crippen molar-refractivity contribution in [3.63, 3.8) is 0 Å². The van der Waals surface area contributed by atoms with Crippen molar-refractivity contribution in [3.8, 4) is 17.3 Å². The molecule has 3 aromatic heterocycles. The van der Waals surface area contributed by atoms with Crippen LogP contribution in [0.5, 0.6) is 0 Å². The molecule has 0 spiro atoms. The molecule has 0 amide bonds. The van der Waals surface area contributed by atoms with Gasteiger partial charge >= 0.3 is 6.18 Å². The molecule has 0 bridgehead atoms. The number of aromatic nitrogens is 4. The molecule has 3 heterocycles. The van der Waals surface area contributed by atoms with Crippen molar-refractivity contribution >= 4 is 27.0 Å². The summed E-state index contributed by atoms with van der Waals surface area (Å²) in [6, 6.07) is 8.99. The van der Waals surface area contributed by atoms with Crippen LogP contribution in [0.15, 0.2) is 53.8 Å². The van der Waals surface area contributed by atoms with Crippen LogP contribution in [0.2, 0.25) is 0 Å². The first kappa shape index (κ1) is 28.5. The van der Waals surface area contributed by atoms with Crippen LogP contribution in [0.25, 0.3) is 22.3 Å². The summed E-state index contributed by atoms with van der Waals surface area (Å²) in [5, 5.41) is 13.0. The maximum absolute atomic E-state index is 13.7. The number of pyridine rings is 1. The van der Waals surface area contributed by atoms with E-state index in [2.05, 4.69) is 20.3 Å². The van der Waals surface area contributed by atoms with Crippen molar-refractivity contribution in [2.45, 2.75) is 62.7 Å². The fourth-order valence-electron chi connectivity index (χ4n) is 5.14. The Labute approximate surface area is 235 Å². The van der Waals surface area contributed by atoms with Crippen molar-refractivity contribution in [3.05, 3.63) is 65.6 Å². The largest absolute Gasteiger partial charge is 0.417 e. The average molecular weight is 584 g/mol. The molecule has 9 nitrogen and oxygen atoms in total. The van der Waals surface area contributed by atoms with E-state index < -0.39 is 21.8 Å². The molecule has 0 aliphatic heterocycles. The van der Waals surface area contributed by atoms with Gasteiger partial charge in [0.1, 0.15) is 6.07 Å². The third-order valence-electron chi connectivity index (χ3n) is 7.56. The Morgan fingerprint density at radius 1 is 1.12 bits per heavy atom. The summed E-state index contributed by atoms with van der Waals surface area (Å²) in [7, 11) is -4.26. The Morgan fingerprint density at radius 3 is 2.44 bits per heavy atom. The highest BCUT2D eigenvalue weighted by Gasteiger charge is 2.33. The fraction of sp³-hybridized carbons (Fsp3) is 0.357. The van der Waals surface area contributed by atoms with Crippen molar-refractivity contribution in [1.82, 2.24) is 18.9 Å². The lowest BCUT2D eigenvalue weighted by atomic mass is 9.82. The minimum atomic E-state index is -4.73. The van der Waals surface area contributed by atoms with Crippen LogP contribution >= 0.6 is 0 Å². The van der Waals surface area contributed by atoms with Crippen LogP contribution in [0.3, 0.4) is 0 Å². The third-order valence-corrected chi connectivity index (χ3v) is 9.23. The number of aryl methyl sites for hydroxylation is 1. The van der Waals surface area contributed by atoms with Crippen LogP contribution in [0, 0.1) is 24.2 Å². The van der Waals surface area contributed by atoms with Crippen LogP contribution < -0.4 is 11.1 Å². The number of anilines is 1. The smallest absolute Gasteiger partial charge is 0.351 e. The van der Waals surface area contributed by atoms with Gasteiger partial charge in [0.15, 0.2) is 5.65 Å². The molecule has 0 saturated heterocycles. The van der Waals surface area contributed by atoms with E-state index in [0.29, 0.717) is 12.1 Å². The molecule has 0 radical (unpaired) electrons. The van der Waals surface area contributed by atoms with Crippen molar-refractivity contribution in [2.24, 2.45) is 11.7 Å². The van der Waals surface area contributed by atoms with Crippen molar-refractivity contribution < 1.29 is 21.6 Å². The Kier molecular flexibility index (Phi) is 7.48. The second kappa shape index (κ2) is 10.8. The first-order valence-electron chi connectivity index (χ1n) is 13.1. The zero-order chi connectivity index (χ0) is 29.5. The zero-order valence-corrected chi connectivity index (χ0v) is 23.2. The Balaban J connectivity index is 1.65. The van der Waals surface area contributed by atoms with Crippen LogP contribution in [-0.4, -0.2) is 39.4 Å². The minimum Gasteiger partial charge on any atom is -0.351 e. The Hall–Kier alpha value is -4.02. The summed E-state index contributed by atoms with van der Waals surface area (Å²) in [6.45, 7) is 3.79. The van der Waals surface area contributed by atoms with E-state index in [9.17, 15) is 26.9 Å². The lowest BCUT2D eigenvalue weighted by molar-refractivity contribution is -0.137. The molecule has 3 N–H and O–H groups in total. The van der Waals surface area contributed by atoms with Gasteiger partial charge in [-0.2, -0.15) is 18.4 Å². The predicted molar refractivity (Wildman–Crippen MR) is 147 cm³/mol. The highest BCUT2D eigenvalue weighted by Crippen LogP contribution is 2.37. The van der Waals surface area contributed by atoms with Gasteiger partial charge in [0.25, 0.3) is 10.0 Å². The maximum Gasteiger partial charge on any atom is 0.417 e. The molecule has 1 saturated carbocycles. The summed E-state index contributed by atoms with van der Waals surface area (Å²) in [5.74, 6) is 0.487. The lowest BCUT2D eigenvalue weighted by Gasteiger charge is -2.31. The molecule has 1 atom stereocenters. The van der Waals surface area contributed by atoms with Gasteiger partial charge in [0, 0.05) is 35.4 Å². The number of rotatable bonds is 6. The van der Waals surface area contributed by atoms with E-state index >= 15 is 0 Å². The van der Waals surface area contributed by atoms with E-state index in [1.807, 2.05) is 13.0 Å². The quantitative estimate of drug-likeness (QED) is 0.314. The number of hydrogen-bond donors (Lipinski definition) is 2. The molecule has 1 aromatic carbocycles. The molecule has 5 rings (SSSR count). The lowest BCUT2D eigenvalue weighted by Crippen LogP contribution is -2.34. The van der Waals surface area contributed by atoms with Gasteiger partial charge in [-0.25, -0.2) is 27.3 Å². The first-order chi connectivity index (χ1) is 19.4. The number of nitrogens with two attached hydrogens (primary N) is 1. The summed E-state index contributed by atoms with van der Waals surface area (Å²) < 4.78 is 69.2. The molecule has 1 aliphatic rings.